The molecule has 0 aliphatic rings. The van der Waals surface area contributed by atoms with Crippen molar-refractivity contribution in [2.24, 2.45) is 0 Å². The SMILES string of the molecule is COc1ccc([C@H](C)N[S@](=O)C(C)(C)C)cc1. The summed E-state index contributed by atoms with van der Waals surface area (Å²) in [5.41, 5.74) is 1.10. The molecular formula is C13H21NO2S. The van der Waals surface area contributed by atoms with Gasteiger partial charge in [-0.2, -0.15) is 0 Å². The van der Waals surface area contributed by atoms with Crippen LogP contribution >= 0.6 is 0 Å². The third kappa shape index (κ3) is 4.13. The molecule has 0 aliphatic heterocycles. The largest absolute Gasteiger partial charge is 0.497 e. The van der Waals surface area contributed by atoms with Crippen molar-refractivity contribution in [1.29, 1.82) is 0 Å². The minimum absolute atomic E-state index is 0.0564. The highest BCUT2D eigenvalue weighted by Crippen LogP contribution is 2.19. The summed E-state index contributed by atoms with van der Waals surface area (Å²) in [6, 6.07) is 7.84. The molecule has 0 heterocycles. The summed E-state index contributed by atoms with van der Waals surface area (Å²) in [5.74, 6) is 0.831. The first kappa shape index (κ1) is 14.2. The Morgan fingerprint density at radius 1 is 1.24 bits per heavy atom. The molecule has 17 heavy (non-hydrogen) atoms. The second-order valence-corrected chi connectivity index (χ2v) is 6.99. The molecule has 3 nitrogen and oxygen atoms in total. The molecule has 0 aromatic heterocycles. The Morgan fingerprint density at radius 3 is 2.18 bits per heavy atom. The van der Waals surface area contributed by atoms with Crippen molar-refractivity contribution < 1.29 is 8.95 Å². The average molecular weight is 255 g/mol. The summed E-state index contributed by atoms with van der Waals surface area (Å²) in [5, 5.41) is 0. The van der Waals surface area contributed by atoms with Gasteiger partial charge in [0.2, 0.25) is 0 Å². The lowest BCUT2D eigenvalue weighted by Crippen LogP contribution is -2.34. The van der Waals surface area contributed by atoms with Gasteiger partial charge in [0.1, 0.15) is 5.75 Å². The molecule has 1 aromatic carbocycles. The zero-order valence-electron chi connectivity index (χ0n) is 11.1. The Bertz CT molecular complexity index is 381. The van der Waals surface area contributed by atoms with Gasteiger partial charge in [-0.25, -0.2) is 8.93 Å². The number of ether oxygens (including phenoxy) is 1. The lowest BCUT2D eigenvalue weighted by atomic mass is 10.1. The second-order valence-electron chi connectivity index (χ2n) is 4.99. The molecule has 1 aromatic rings. The normalized spacial score (nSPS) is 15.4. The minimum Gasteiger partial charge on any atom is -0.497 e. The van der Waals surface area contributed by atoms with Gasteiger partial charge in [0.15, 0.2) is 0 Å². The van der Waals surface area contributed by atoms with E-state index in [2.05, 4.69) is 4.72 Å². The van der Waals surface area contributed by atoms with Crippen LogP contribution in [0.4, 0.5) is 0 Å². The van der Waals surface area contributed by atoms with Gasteiger partial charge in [-0.1, -0.05) is 12.1 Å². The van der Waals surface area contributed by atoms with E-state index in [1.807, 2.05) is 52.0 Å². The molecule has 0 amide bonds. The lowest BCUT2D eigenvalue weighted by molar-refractivity contribution is 0.414. The summed E-state index contributed by atoms with van der Waals surface area (Å²) in [7, 11) is 0.588. The molecule has 0 saturated heterocycles. The van der Waals surface area contributed by atoms with E-state index in [0.717, 1.165) is 11.3 Å². The van der Waals surface area contributed by atoms with Crippen LogP contribution in [0.5, 0.6) is 5.75 Å². The molecule has 0 unspecified atom stereocenters. The highest BCUT2D eigenvalue weighted by Gasteiger charge is 2.21. The van der Waals surface area contributed by atoms with Gasteiger partial charge in [-0.3, -0.25) is 0 Å². The van der Waals surface area contributed by atoms with Crippen LogP contribution in [0.1, 0.15) is 39.3 Å². The van der Waals surface area contributed by atoms with Gasteiger partial charge >= 0.3 is 0 Å². The van der Waals surface area contributed by atoms with Crippen LogP contribution in [0.2, 0.25) is 0 Å². The van der Waals surface area contributed by atoms with Gasteiger partial charge in [-0.05, 0) is 45.4 Å². The first-order valence-electron chi connectivity index (χ1n) is 5.66. The predicted molar refractivity (Wildman–Crippen MR) is 72.4 cm³/mol. The first-order valence-corrected chi connectivity index (χ1v) is 6.81. The Hall–Kier alpha value is -0.870. The zero-order chi connectivity index (χ0) is 13.1. The second kappa shape index (κ2) is 5.65. The Balaban J connectivity index is 2.70. The summed E-state index contributed by atoms with van der Waals surface area (Å²) in [6.45, 7) is 7.87. The molecule has 0 radical (unpaired) electrons. The molecule has 0 spiro atoms. The zero-order valence-corrected chi connectivity index (χ0v) is 11.9. The van der Waals surface area contributed by atoms with Crippen LogP contribution in [0.15, 0.2) is 24.3 Å². The van der Waals surface area contributed by atoms with E-state index in [4.69, 9.17) is 4.74 Å². The third-order valence-electron chi connectivity index (χ3n) is 2.46. The maximum absolute atomic E-state index is 11.9. The molecule has 96 valence electrons. The van der Waals surface area contributed by atoms with Crippen LogP contribution in [0, 0.1) is 0 Å². The molecular weight excluding hydrogens is 234 g/mol. The quantitative estimate of drug-likeness (QED) is 0.898. The number of nitrogens with one attached hydrogen (secondary N) is 1. The number of benzene rings is 1. The molecule has 1 N–H and O–H groups in total. The van der Waals surface area contributed by atoms with Gasteiger partial charge in [0.05, 0.1) is 22.8 Å². The van der Waals surface area contributed by atoms with E-state index in [-0.39, 0.29) is 10.8 Å². The van der Waals surface area contributed by atoms with Crippen molar-refractivity contribution in [2.75, 3.05) is 7.11 Å². The minimum atomic E-state index is -1.06. The van der Waals surface area contributed by atoms with Crippen LogP contribution in [-0.4, -0.2) is 16.1 Å². The Kier molecular flexibility index (Phi) is 4.71. The van der Waals surface area contributed by atoms with Gasteiger partial charge in [0.25, 0.3) is 0 Å². The molecule has 4 heteroatoms. The van der Waals surface area contributed by atoms with Crippen molar-refractivity contribution in [3.8, 4) is 5.75 Å². The van der Waals surface area contributed by atoms with Crippen molar-refractivity contribution >= 4 is 11.0 Å². The van der Waals surface area contributed by atoms with E-state index in [1.165, 1.54) is 0 Å². The molecule has 0 aliphatic carbocycles. The molecule has 2 atom stereocenters. The monoisotopic (exact) mass is 255 g/mol. The first-order chi connectivity index (χ1) is 7.84. The fourth-order valence-electron chi connectivity index (χ4n) is 1.30. The van der Waals surface area contributed by atoms with Crippen LogP contribution in [0.3, 0.4) is 0 Å². The molecule has 0 bridgehead atoms. The van der Waals surface area contributed by atoms with Crippen LogP contribution < -0.4 is 9.46 Å². The number of hydrogen-bond acceptors (Lipinski definition) is 2. The smallest absolute Gasteiger partial charge is 0.118 e. The van der Waals surface area contributed by atoms with Crippen molar-refractivity contribution in [3.05, 3.63) is 29.8 Å². The summed E-state index contributed by atoms with van der Waals surface area (Å²) < 4.78 is 19.9. The molecule has 0 saturated carbocycles. The maximum Gasteiger partial charge on any atom is 0.118 e. The van der Waals surface area contributed by atoms with E-state index in [0.29, 0.717) is 0 Å². The average Bonchev–Trinajstić information content (AvgIpc) is 2.27. The van der Waals surface area contributed by atoms with E-state index >= 15 is 0 Å². The number of hydrogen-bond donors (Lipinski definition) is 1. The summed E-state index contributed by atoms with van der Waals surface area (Å²) in [4.78, 5) is 0. The van der Waals surface area contributed by atoms with E-state index in [1.54, 1.807) is 7.11 Å². The van der Waals surface area contributed by atoms with E-state index < -0.39 is 11.0 Å². The third-order valence-corrected chi connectivity index (χ3v) is 4.14. The van der Waals surface area contributed by atoms with Gasteiger partial charge < -0.3 is 4.74 Å². The highest BCUT2D eigenvalue weighted by molar-refractivity contribution is 7.84. The number of methoxy groups -OCH3 is 1. The van der Waals surface area contributed by atoms with E-state index in [9.17, 15) is 4.21 Å². The fourth-order valence-corrected chi connectivity index (χ4v) is 2.11. The van der Waals surface area contributed by atoms with Crippen LogP contribution in [0.25, 0.3) is 0 Å². The molecule has 1 rings (SSSR count). The number of rotatable bonds is 4. The predicted octanol–water partition coefficient (Wildman–Crippen LogP) is 2.81. The maximum atomic E-state index is 11.9. The standard InChI is InChI=1S/C13H21NO2S/c1-10(14-17(15)13(2,3)4)11-6-8-12(16-5)9-7-11/h6-10,14H,1-5H3/t10-,17+/m0/s1. The fraction of sp³-hybridized carbons (Fsp3) is 0.538. The lowest BCUT2D eigenvalue weighted by Gasteiger charge is -2.22. The molecule has 0 fully saturated rings. The Morgan fingerprint density at radius 2 is 1.76 bits per heavy atom. The summed E-state index contributed by atoms with van der Waals surface area (Å²) in [6.07, 6.45) is 0. The van der Waals surface area contributed by atoms with Gasteiger partial charge in [-0.15, -0.1) is 0 Å². The topological polar surface area (TPSA) is 38.3 Å². The van der Waals surface area contributed by atoms with Crippen molar-refractivity contribution in [1.82, 2.24) is 4.72 Å². The Labute approximate surface area is 106 Å². The van der Waals surface area contributed by atoms with Crippen molar-refractivity contribution in [3.63, 3.8) is 0 Å². The van der Waals surface area contributed by atoms with Crippen LogP contribution in [-0.2, 0) is 11.0 Å². The summed E-state index contributed by atoms with van der Waals surface area (Å²) >= 11 is 0. The van der Waals surface area contributed by atoms with Gasteiger partial charge in [0, 0.05) is 6.04 Å². The van der Waals surface area contributed by atoms with Crippen molar-refractivity contribution in [2.45, 2.75) is 38.5 Å². The highest BCUT2D eigenvalue weighted by atomic mass is 32.2.